The van der Waals surface area contributed by atoms with Crippen LogP contribution in [0.15, 0.2) is 60.7 Å². The van der Waals surface area contributed by atoms with Gasteiger partial charge in [0.2, 0.25) is 5.75 Å². The van der Waals surface area contributed by atoms with Crippen LogP contribution in [0.1, 0.15) is 21.5 Å². The van der Waals surface area contributed by atoms with Gasteiger partial charge >= 0.3 is 0 Å². The van der Waals surface area contributed by atoms with Gasteiger partial charge in [0.05, 0.1) is 37.9 Å². The fourth-order valence-corrected chi connectivity index (χ4v) is 4.67. The van der Waals surface area contributed by atoms with Crippen molar-refractivity contribution in [2.24, 2.45) is 0 Å². The van der Waals surface area contributed by atoms with Gasteiger partial charge < -0.3 is 18.8 Å². The molecular weight excluding hydrogens is 402 g/mol. The molecule has 0 saturated carbocycles. The lowest BCUT2D eigenvalue weighted by molar-refractivity contribution is 0.103. The summed E-state index contributed by atoms with van der Waals surface area (Å²) in [6, 6.07) is 16.3. The Balaban J connectivity index is 1.63. The average molecular weight is 425 g/mol. The van der Waals surface area contributed by atoms with Crippen LogP contribution in [0.4, 0.5) is 0 Å². The summed E-state index contributed by atoms with van der Waals surface area (Å²) in [4.78, 5) is 13.3. The van der Waals surface area contributed by atoms with E-state index in [1.165, 1.54) is 14.2 Å². The molecule has 0 aliphatic heterocycles. The van der Waals surface area contributed by atoms with Crippen molar-refractivity contribution < 1.29 is 19.0 Å². The molecule has 1 aromatic heterocycles. The molecule has 3 aromatic carbocycles. The van der Waals surface area contributed by atoms with Crippen molar-refractivity contribution in [3.05, 3.63) is 77.4 Å². The maximum Gasteiger partial charge on any atom is 0.204 e. The molecule has 0 saturated heterocycles. The number of ether oxygens (including phenoxy) is 3. The minimum absolute atomic E-state index is 0.0496. The summed E-state index contributed by atoms with van der Waals surface area (Å²) in [6.45, 7) is 3.96. The maximum absolute atomic E-state index is 13.3. The van der Waals surface area contributed by atoms with Gasteiger partial charge in [-0.1, -0.05) is 30.8 Å². The number of ketones is 1. The minimum atomic E-state index is -0.0496. The first-order chi connectivity index (χ1) is 15.6. The van der Waals surface area contributed by atoms with E-state index in [9.17, 15) is 4.79 Å². The van der Waals surface area contributed by atoms with Crippen LogP contribution in [0.25, 0.3) is 34.1 Å². The van der Waals surface area contributed by atoms with Crippen LogP contribution in [0.5, 0.6) is 17.2 Å². The summed E-state index contributed by atoms with van der Waals surface area (Å²) in [6.07, 6.45) is 4.30. The number of hydrogen-bond donors (Lipinski definition) is 0. The fourth-order valence-electron chi connectivity index (χ4n) is 4.67. The van der Waals surface area contributed by atoms with Gasteiger partial charge in [0.1, 0.15) is 0 Å². The normalized spacial score (nSPS) is 14.2. The zero-order chi connectivity index (χ0) is 22.4. The molecule has 0 spiro atoms. The predicted octanol–water partition coefficient (Wildman–Crippen LogP) is 5.74. The fraction of sp³-hybridized carbons (Fsp3) is 0.148. The third kappa shape index (κ3) is 2.82. The number of hydrogen-bond acceptors (Lipinski definition) is 4. The molecule has 0 bridgehead atoms. The highest BCUT2D eigenvalue weighted by molar-refractivity contribution is 6.18. The van der Waals surface area contributed by atoms with Crippen LogP contribution >= 0.6 is 0 Å². The number of allylic oxidation sites excluding steroid dienone is 1. The Bertz CT molecular complexity index is 1440. The number of rotatable bonds is 5. The Morgan fingerprint density at radius 2 is 1.66 bits per heavy atom. The molecule has 0 fully saturated rings. The number of nitrogens with zero attached hydrogens (tertiary/aromatic N) is 1. The number of Topliss-reactive ketones (excluding diaryl/α,β-unsaturated/α-hetero) is 1. The zero-order valence-corrected chi connectivity index (χ0v) is 18.3. The third-order valence-electron chi connectivity index (χ3n) is 6.07. The van der Waals surface area contributed by atoms with E-state index in [-0.39, 0.29) is 5.78 Å². The Morgan fingerprint density at radius 1 is 0.906 bits per heavy atom. The van der Waals surface area contributed by atoms with Crippen LogP contribution in [-0.4, -0.2) is 31.7 Å². The Kier molecular flexibility index (Phi) is 4.74. The van der Waals surface area contributed by atoms with Gasteiger partial charge in [-0.25, -0.2) is 0 Å². The molecule has 0 amide bonds. The van der Waals surface area contributed by atoms with E-state index in [0.29, 0.717) is 34.8 Å². The molecule has 0 atom stereocenters. The SMILES string of the molecule is C=Cn1c2ccccc2c2cc(/C=C3\Cc4cc(OC)c(OC)c(OC)c4C3=O)ccc21. The summed E-state index contributed by atoms with van der Waals surface area (Å²) in [7, 11) is 4.65. The zero-order valence-electron chi connectivity index (χ0n) is 18.3. The van der Waals surface area contributed by atoms with Crippen molar-refractivity contribution >= 4 is 39.9 Å². The van der Waals surface area contributed by atoms with Crippen molar-refractivity contribution in [2.75, 3.05) is 21.3 Å². The van der Waals surface area contributed by atoms with Crippen molar-refractivity contribution in [1.82, 2.24) is 4.57 Å². The molecule has 5 heteroatoms. The first kappa shape index (κ1) is 19.9. The van der Waals surface area contributed by atoms with E-state index in [1.807, 2.05) is 36.5 Å². The third-order valence-corrected chi connectivity index (χ3v) is 6.07. The van der Waals surface area contributed by atoms with Gasteiger partial charge in [-0.2, -0.15) is 0 Å². The molecule has 0 radical (unpaired) electrons. The lowest BCUT2D eigenvalue weighted by atomic mass is 10.0. The Labute approximate surface area is 186 Å². The van der Waals surface area contributed by atoms with Crippen LogP contribution in [0, 0.1) is 0 Å². The molecular formula is C27H23NO4. The standard InChI is InChI=1S/C27H23NO4/c1-5-28-21-9-7-6-8-19(21)20-13-16(10-11-22(20)28)12-18-14-17-15-23(30-2)26(31-3)27(32-4)24(17)25(18)29/h5-13,15H,1,14H2,2-4H3/b18-12+. The van der Waals surface area contributed by atoms with Crippen molar-refractivity contribution in [1.29, 1.82) is 0 Å². The highest BCUT2D eigenvalue weighted by Gasteiger charge is 2.32. The van der Waals surface area contributed by atoms with Crippen molar-refractivity contribution in [3.8, 4) is 17.2 Å². The van der Waals surface area contributed by atoms with Gasteiger partial charge in [-0.3, -0.25) is 4.79 Å². The molecule has 5 rings (SSSR count). The van der Waals surface area contributed by atoms with E-state index < -0.39 is 0 Å². The smallest absolute Gasteiger partial charge is 0.204 e. The molecule has 32 heavy (non-hydrogen) atoms. The topological polar surface area (TPSA) is 49.7 Å². The molecule has 1 heterocycles. The van der Waals surface area contributed by atoms with E-state index in [4.69, 9.17) is 14.2 Å². The molecule has 0 unspecified atom stereocenters. The van der Waals surface area contributed by atoms with Crippen LogP contribution in [-0.2, 0) is 6.42 Å². The number of benzene rings is 3. The van der Waals surface area contributed by atoms with Gasteiger partial charge in [0.25, 0.3) is 0 Å². The lowest BCUT2D eigenvalue weighted by Crippen LogP contribution is -2.03. The number of carbonyl (C=O) groups is 1. The summed E-state index contributed by atoms with van der Waals surface area (Å²) < 4.78 is 18.5. The van der Waals surface area contributed by atoms with Crippen molar-refractivity contribution in [3.63, 3.8) is 0 Å². The van der Waals surface area contributed by atoms with Gasteiger partial charge in [-0.15, -0.1) is 0 Å². The highest BCUT2D eigenvalue weighted by atomic mass is 16.5. The first-order valence-corrected chi connectivity index (χ1v) is 10.3. The Morgan fingerprint density at radius 3 is 2.38 bits per heavy atom. The molecule has 4 aromatic rings. The van der Waals surface area contributed by atoms with Crippen LogP contribution < -0.4 is 14.2 Å². The molecule has 1 aliphatic carbocycles. The van der Waals surface area contributed by atoms with E-state index >= 15 is 0 Å². The van der Waals surface area contributed by atoms with Crippen LogP contribution in [0.3, 0.4) is 0 Å². The van der Waals surface area contributed by atoms with Gasteiger partial charge in [-0.05, 0) is 41.5 Å². The van der Waals surface area contributed by atoms with Crippen LogP contribution in [0.2, 0.25) is 0 Å². The first-order valence-electron chi connectivity index (χ1n) is 10.3. The second-order valence-electron chi connectivity index (χ2n) is 7.70. The quantitative estimate of drug-likeness (QED) is 0.383. The minimum Gasteiger partial charge on any atom is -0.493 e. The monoisotopic (exact) mass is 425 g/mol. The highest BCUT2D eigenvalue weighted by Crippen LogP contribution is 2.46. The second kappa shape index (κ2) is 7.61. The summed E-state index contributed by atoms with van der Waals surface area (Å²) in [5, 5.41) is 2.28. The maximum atomic E-state index is 13.3. The van der Waals surface area contributed by atoms with E-state index in [2.05, 4.69) is 35.4 Å². The van der Waals surface area contributed by atoms with E-state index in [1.54, 1.807) is 7.11 Å². The molecule has 160 valence electrons. The molecule has 5 nitrogen and oxygen atoms in total. The summed E-state index contributed by atoms with van der Waals surface area (Å²) >= 11 is 0. The Hall–Kier alpha value is -3.99. The number of aromatic nitrogens is 1. The number of carbonyl (C=O) groups excluding carboxylic acids is 1. The predicted molar refractivity (Wildman–Crippen MR) is 128 cm³/mol. The largest absolute Gasteiger partial charge is 0.493 e. The number of para-hydroxylation sites is 1. The molecule has 1 aliphatic rings. The second-order valence-corrected chi connectivity index (χ2v) is 7.70. The summed E-state index contributed by atoms with van der Waals surface area (Å²) in [5.41, 5.74) is 5.29. The summed E-state index contributed by atoms with van der Waals surface area (Å²) in [5.74, 6) is 1.35. The molecule has 0 N–H and O–H groups in total. The van der Waals surface area contributed by atoms with E-state index in [0.717, 1.165) is 32.9 Å². The number of fused-ring (bicyclic) bond motifs is 4. The van der Waals surface area contributed by atoms with Gasteiger partial charge in [0.15, 0.2) is 17.3 Å². The van der Waals surface area contributed by atoms with Gasteiger partial charge in [0, 0.05) is 29.0 Å². The number of methoxy groups -OCH3 is 3. The lowest BCUT2D eigenvalue weighted by Gasteiger charge is -2.14. The van der Waals surface area contributed by atoms with Crippen molar-refractivity contribution in [2.45, 2.75) is 6.42 Å². The average Bonchev–Trinajstić information content (AvgIpc) is 3.31.